The molecule has 21 heavy (non-hydrogen) atoms. The number of nitrogens with one attached hydrogen (secondary N) is 2. The second kappa shape index (κ2) is 7.46. The minimum Gasteiger partial charge on any atom is -0.394 e. The maximum absolute atomic E-state index is 11.9. The van der Waals surface area contributed by atoms with Gasteiger partial charge in [0.05, 0.1) is 13.0 Å². The van der Waals surface area contributed by atoms with Crippen molar-refractivity contribution < 1.29 is 14.7 Å². The highest BCUT2D eigenvalue weighted by Gasteiger charge is 2.20. The first-order valence-corrected chi connectivity index (χ1v) is 7.06. The van der Waals surface area contributed by atoms with Crippen molar-refractivity contribution in [2.45, 2.75) is 12.5 Å². The van der Waals surface area contributed by atoms with Crippen LogP contribution in [0.5, 0.6) is 0 Å². The van der Waals surface area contributed by atoms with E-state index in [-0.39, 0.29) is 12.3 Å². The third kappa shape index (κ3) is 4.62. The molecule has 0 fully saturated rings. The van der Waals surface area contributed by atoms with Crippen molar-refractivity contribution in [1.29, 1.82) is 0 Å². The Hall–Kier alpha value is -2.32. The normalized spacial score (nSPS) is 11.7. The summed E-state index contributed by atoms with van der Waals surface area (Å²) in [6, 6.07) is 2.41. The first-order chi connectivity index (χ1) is 10.2. The highest BCUT2D eigenvalue weighted by Crippen LogP contribution is 2.10. The van der Waals surface area contributed by atoms with Crippen molar-refractivity contribution >= 4 is 28.3 Å². The van der Waals surface area contributed by atoms with E-state index in [4.69, 9.17) is 0 Å². The zero-order valence-corrected chi connectivity index (χ0v) is 11.8. The fraction of sp³-hybridized carbons (Fsp3) is 0.231. The van der Waals surface area contributed by atoms with Crippen LogP contribution in [0.1, 0.15) is 5.56 Å². The van der Waals surface area contributed by atoms with Crippen LogP contribution in [0.2, 0.25) is 0 Å². The number of pyridine rings is 1. The standard InChI is InChI=1S/C13H14N4O3S/c18-8-10(12(20)17-13-15-5-6-21-13)16-11(19)7-9-1-3-14-4-2-9/h1-6,10,18H,7-8H2,(H,16,19)(H,15,17,20). The van der Waals surface area contributed by atoms with Crippen LogP contribution in [-0.2, 0) is 16.0 Å². The third-order valence-corrected chi connectivity index (χ3v) is 3.30. The monoisotopic (exact) mass is 306 g/mol. The van der Waals surface area contributed by atoms with Gasteiger partial charge in [0.1, 0.15) is 6.04 Å². The molecule has 2 aromatic rings. The maximum Gasteiger partial charge on any atom is 0.251 e. The van der Waals surface area contributed by atoms with Gasteiger partial charge in [-0.05, 0) is 17.7 Å². The van der Waals surface area contributed by atoms with Gasteiger partial charge in [-0.3, -0.25) is 14.6 Å². The van der Waals surface area contributed by atoms with Gasteiger partial charge in [-0.25, -0.2) is 4.98 Å². The number of anilines is 1. The van der Waals surface area contributed by atoms with Crippen LogP contribution < -0.4 is 10.6 Å². The molecule has 2 aromatic heterocycles. The molecule has 0 radical (unpaired) electrons. The van der Waals surface area contributed by atoms with Crippen LogP contribution in [0, 0.1) is 0 Å². The van der Waals surface area contributed by atoms with E-state index in [0.717, 1.165) is 5.56 Å². The van der Waals surface area contributed by atoms with Gasteiger partial charge in [0.2, 0.25) is 5.91 Å². The van der Waals surface area contributed by atoms with E-state index in [0.29, 0.717) is 5.13 Å². The predicted molar refractivity (Wildman–Crippen MR) is 77.7 cm³/mol. The van der Waals surface area contributed by atoms with E-state index < -0.39 is 18.6 Å². The van der Waals surface area contributed by atoms with E-state index >= 15 is 0 Å². The summed E-state index contributed by atoms with van der Waals surface area (Å²) < 4.78 is 0. The van der Waals surface area contributed by atoms with Crippen LogP contribution in [0.3, 0.4) is 0 Å². The van der Waals surface area contributed by atoms with Crippen molar-refractivity contribution in [3.8, 4) is 0 Å². The molecule has 0 saturated carbocycles. The maximum atomic E-state index is 11.9. The molecule has 8 heteroatoms. The van der Waals surface area contributed by atoms with Crippen molar-refractivity contribution in [2.24, 2.45) is 0 Å². The topological polar surface area (TPSA) is 104 Å². The van der Waals surface area contributed by atoms with Crippen molar-refractivity contribution in [3.63, 3.8) is 0 Å². The van der Waals surface area contributed by atoms with Gasteiger partial charge in [-0.2, -0.15) is 0 Å². The average Bonchev–Trinajstić information content (AvgIpc) is 2.98. The Balaban J connectivity index is 1.89. The van der Waals surface area contributed by atoms with E-state index in [9.17, 15) is 14.7 Å². The number of amides is 2. The van der Waals surface area contributed by atoms with Gasteiger partial charge in [0.15, 0.2) is 5.13 Å². The number of thiazole rings is 1. The van der Waals surface area contributed by atoms with Gasteiger partial charge in [-0.1, -0.05) is 0 Å². The van der Waals surface area contributed by atoms with Crippen molar-refractivity contribution in [1.82, 2.24) is 15.3 Å². The molecule has 0 aromatic carbocycles. The molecule has 0 aliphatic heterocycles. The molecule has 7 nitrogen and oxygen atoms in total. The largest absolute Gasteiger partial charge is 0.394 e. The number of hydrogen-bond donors (Lipinski definition) is 3. The SMILES string of the molecule is O=C(Cc1ccncc1)NC(CO)C(=O)Nc1nccs1. The van der Waals surface area contributed by atoms with Crippen molar-refractivity contribution in [2.75, 3.05) is 11.9 Å². The van der Waals surface area contributed by atoms with Crippen LogP contribution in [0.4, 0.5) is 5.13 Å². The van der Waals surface area contributed by atoms with Gasteiger partial charge in [0, 0.05) is 24.0 Å². The summed E-state index contributed by atoms with van der Waals surface area (Å²) in [5.74, 6) is -0.856. The Morgan fingerprint density at radius 3 is 2.67 bits per heavy atom. The van der Waals surface area contributed by atoms with Crippen LogP contribution >= 0.6 is 11.3 Å². The average molecular weight is 306 g/mol. The van der Waals surface area contributed by atoms with E-state index in [1.807, 2.05) is 0 Å². The zero-order chi connectivity index (χ0) is 15.1. The number of aliphatic hydroxyl groups is 1. The minimum atomic E-state index is -1.01. The Morgan fingerprint density at radius 2 is 2.05 bits per heavy atom. The Bertz CT molecular complexity index is 589. The van der Waals surface area contributed by atoms with Crippen LogP contribution in [0.25, 0.3) is 0 Å². The molecule has 3 N–H and O–H groups in total. The second-order valence-electron chi connectivity index (χ2n) is 4.16. The summed E-state index contributed by atoms with van der Waals surface area (Å²) in [5, 5.41) is 16.4. The number of aliphatic hydroxyl groups excluding tert-OH is 1. The summed E-state index contributed by atoms with van der Waals surface area (Å²) in [6.45, 7) is -0.487. The molecule has 1 unspecified atom stereocenters. The smallest absolute Gasteiger partial charge is 0.251 e. The molecule has 0 spiro atoms. The summed E-state index contributed by atoms with van der Waals surface area (Å²) in [5.41, 5.74) is 0.777. The highest BCUT2D eigenvalue weighted by atomic mass is 32.1. The fourth-order valence-electron chi connectivity index (χ4n) is 1.60. The van der Waals surface area contributed by atoms with Crippen LogP contribution in [-0.4, -0.2) is 39.5 Å². The second-order valence-corrected chi connectivity index (χ2v) is 5.06. The predicted octanol–water partition coefficient (Wildman–Crippen LogP) is 0.196. The molecular weight excluding hydrogens is 292 g/mol. The number of hydrogen-bond acceptors (Lipinski definition) is 6. The summed E-state index contributed by atoms with van der Waals surface area (Å²) in [6.07, 6.45) is 4.84. The molecule has 0 saturated heterocycles. The minimum absolute atomic E-state index is 0.115. The summed E-state index contributed by atoms with van der Waals surface area (Å²) in [4.78, 5) is 31.5. The van der Waals surface area contributed by atoms with Gasteiger partial charge < -0.3 is 15.7 Å². The first-order valence-electron chi connectivity index (χ1n) is 6.18. The third-order valence-electron chi connectivity index (χ3n) is 2.61. The molecule has 2 heterocycles. The molecular formula is C13H14N4O3S. The summed E-state index contributed by atoms with van der Waals surface area (Å²) >= 11 is 1.26. The highest BCUT2D eigenvalue weighted by molar-refractivity contribution is 7.13. The fourth-order valence-corrected chi connectivity index (χ4v) is 2.14. The molecule has 0 aliphatic carbocycles. The number of nitrogens with zero attached hydrogens (tertiary/aromatic N) is 2. The number of rotatable bonds is 6. The first kappa shape index (κ1) is 15.1. The Labute approximate surface area is 125 Å². The lowest BCUT2D eigenvalue weighted by Crippen LogP contribution is -2.46. The van der Waals surface area contributed by atoms with Gasteiger partial charge in [0.25, 0.3) is 5.91 Å². The Kier molecular flexibility index (Phi) is 5.35. The molecule has 2 amide bonds. The van der Waals surface area contributed by atoms with Gasteiger partial charge >= 0.3 is 0 Å². The van der Waals surface area contributed by atoms with E-state index in [1.54, 1.807) is 36.1 Å². The number of aromatic nitrogens is 2. The van der Waals surface area contributed by atoms with Crippen molar-refractivity contribution in [3.05, 3.63) is 41.7 Å². The lowest BCUT2D eigenvalue weighted by atomic mass is 10.2. The molecule has 0 bridgehead atoms. The zero-order valence-electron chi connectivity index (χ0n) is 11.0. The Morgan fingerprint density at radius 1 is 1.29 bits per heavy atom. The lowest BCUT2D eigenvalue weighted by molar-refractivity contribution is -0.126. The quantitative estimate of drug-likeness (QED) is 0.707. The molecule has 0 aliphatic rings. The van der Waals surface area contributed by atoms with Gasteiger partial charge in [-0.15, -0.1) is 11.3 Å². The van der Waals surface area contributed by atoms with Crippen LogP contribution in [0.15, 0.2) is 36.1 Å². The lowest BCUT2D eigenvalue weighted by Gasteiger charge is -2.15. The molecule has 110 valence electrons. The summed E-state index contributed by atoms with van der Waals surface area (Å²) in [7, 11) is 0. The van der Waals surface area contributed by atoms with E-state index in [1.165, 1.54) is 11.3 Å². The number of carbonyl (C=O) groups excluding carboxylic acids is 2. The number of carbonyl (C=O) groups is 2. The molecule has 1 atom stereocenters. The molecule has 2 rings (SSSR count). The van der Waals surface area contributed by atoms with E-state index in [2.05, 4.69) is 20.6 Å².